The number of rotatable bonds is 6. The van der Waals surface area contributed by atoms with Crippen LogP contribution in [0.5, 0.6) is 0 Å². The molecule has 0 N–H and O–H groups in total. The Bertz CT molecular complexity index is 555. The maximum absolute atomic E-state index is 12.3. The van der Waals surface area contributed by atoms with Crippen LogP contribution in [0.4, 0.5) is 0 Å². The van der Waals surface area contributed by atoms with Crippen LogP contribution in [-0.4, -0.2) is 31.3 Å². The minimum absolute atomic E-state index is 0.260. The van der Waals surface area contributed by atoms with E-state index < -0.39 is 0 Å². The molecule has 100 valence electrons. The molecule has 2 heteroatoms. The second-order valence-corrected chi connectivity index (χ2v) is 5.21. The number of hydrogen-bond acceptors (Lipinski definition) is 2. The predicted molar refractivity (Wildman–Crippen MR) is 80.7 cm³/mol. The van der Waals surface area contributed by atoms with Gasteiger partial charge in [0.25, 0.3) is 0 Å². The minimum Gasteiger partial charge on any atom is -0.309 e. The summed E-state index contributed by atoms with van der Waals surface area (Å²) >= 11 is 0. The van der Waals surface area contributed by atoms with Crippen molar-refractivity contribution in [3.63, 3.8) is 0 Å². The highest BCUT2D eigenvalue weighted by Crippen LogP contribution is 2.20. The lowest BCUT2D eigenvalue weighted by Crippen LogP contribution is -2.13. The molecule has 0 spiro atoms. The van der Waals surface area contributed by atoms with Crippen LogP contribution in [-0.2, 0) is 0 Å². The van der Waals surface area contributed by atoms with Gasteiger partial charge in [0, 0.05) is 12.0 Å². The smallest absolute Gasteiger partial charge is 0.163 e. The maximum atomic E-state index is 12.3. The number of unbranched alkanes of at least 4 members (excludes halogenated alkanes) is 1. The quantitative estimate of drug-likeness (QED) is 0.578. The van der Waals surface area contributed by atoms with Gasteiger partial charge in [-0.25, -0.2) is 0 Å². The molecule has 0 saturated heterocycles. The number of nitrogens with zero attached hydrogens (tertiary/aromatic N) is 1. The average molecular weight is 255 g/mol. The summed E-state index contributed by atoms with van der Waals surface area (Å²) in [5.41, 5.74) is 0.864. The molecule has 0 bridgehead atoms. The first-order valence-corrected chi connectivity index (χ1v) is 6.84. The van der Waals surface area contributed by atoms with Crippen molar-refractivity contribution in [1.29, 1.82) is 0 Å². The van der Waals surface area contributed by atoms with Crippen molar-refractivity contribution in [2.24, 2.45) is 0 Å². The normalized spacial score (nSPS) is 11.1. The number of hydrogen-bond donors (Lipinski definition) is 0. The van der Waals surface area contributed by atoms with E-state index in [1.54, 1.807) is 0 Å². The summed E-state index contributed by atoms with van der Waals surface area (Å²) in [5, 5.41) is 2.21. The molecular weight excluding hydrogens is 234 g/mol. The van der Waals surface area contributed by atoms with Crippen LogP contribution < -0.4 is 0 Å². The molecule has 0 fully saturated rings. The largest absolute Gasteiger partial charge is 0.309 e. The number of benzene rings is 2. The number of carbonyl (C=O) groups excluding carboxylic acids is 1. The van der Waals surface area contributed by atoms with Crippen LogP contribution in [0.15, 0.2) is 42.5 Å². The molecule has 0 amide bonds. The highest BCUT2D eigenvalue weighted by molar-refractivity contribution is 6.08. The summed E-state index contributed by atoms with van der Waals surface area (Å²) in [5.74, 6) is 0.260. The van der Waals surface area contributed by atoms with Crippen molar-refractivity contribution in [2.75, 3.05) is 20.6 Å². The zero-order chi connectivity index (χ0) is 13.7. The van der Waals surface area contributed by atoms with E-state index in [0.717, 1.165) is 35.7 Å². The topological polar surface area (TPSA) is 20.3 Å². The van der Waals surface area contributed by atoms with Gasteiger partial charge in [0.05, 0.1) is 0 Å². The summed E-state index contributed by atoms with van der Waals surface area (Å²) in [7, 11) is 4.12. The molecule has 0 aliphatic rings. The van der Waals surface area contributed by atoms with Crippen molar-refractivity contribution in [2.45, 2.75) is 19.3 Å². The second-order valence-electron chi connectivity index (χ2n) is 5.21. The first kappa shape index (κ1) is 13.8. The average Bonchev–Trinajstić information content (AvgIpc) is 2.42. The molecule has 2 aromatic carbocycles. The zero-order valence-electron chi connectivity index (χ0n) is 11.7. The van der Waals surface area contributed by atoms with E-state index in [4.69, 9.17) is 0 Å². The van der Waals surface area contributed by atoms with Gasteiger partial charge in [-0.05, 0) is 44.3 Å². The molecule has 0 radical (unpaired) electrons. The molecule has 2 nitrogen and oxygen atoms in total. The van der Waals surface area contributed by atoms with Crippen molar-refractivity contribution in [3.8, 4) is 0 Å². The van der Waals surface area contributed by atoms with E-state index in [0.29, 0.717) is 6.42 Å². The van der Waals surface area contributed by atoms with Crippen LogP contribution in [0.2, 0.25) is 0 Å². The first-order valence-electron chi connectivity index (χ1n) is 6.84. The van der Waals surface area contributed by atoms with Crippen molar-refractivity contribution >= 4 is 16.6 Å². The summed E-state index contributed by atoms with van der Waals surface area (Å²) in [6.45, 7) is 1.04. The van der Waals surface area contributed by atoms with Crippen molar-refractivity contribution in [3.05, 3.63) is 48.0 Å². The summed E-state index contributed by atoms with van der Waals surface area (Å²) in [4.78, 5) is 14.4. The second kappa shape index (κ2) is 6.48. The molecule has 0 unspecified atom stereocenters. The molecule has 0 aliphatic heterocycles. The monoisotopic (exact) mass is 255 g/mol. The molecule has 19 heavy (non-hydrogen) atoms. The number of carbonyl (C=O) groups is 1. The summed E-state index contributed by atoms with van der Waals surface area (Å²) in [6, 6.07) is 14.0. The van der Waals surface area contributed by atoms with E-state index in [1.807, 2.05) is 30.3 Å². The van der Waals surface area contributed by atoms with Gasteiger partial charge >= 0.3 is 0 Å². The zero-order valence-corrected chi connectivity index (χ0v) is 11.7. The van der Waals surface area contributed by atoms with Gasteiger partial charge in [0.2, 0.25) is 0 Å². The van der Waals surface area contributed by atoms with Crippen LogP contribution in [0.25, 0.3) is 10.8 Å². The molecule has 0 aromatic heterocycles. The SMILES string of the molecule is CN(C)CCCCC(=O)c1cccc2ccccc12. The number of ketones is 1. The lowest BCUT2D eigenvalue weighted by Gasteiger charge is -2.09. The Kier molecular flexibility index (Phi) is 4.69. The Morgan fingerprint density at radius 1 is 1.00 bits per heavy atom. The Hall–Kier alpha value is -1.67. The van der Waals surface area contributed by atoms with Crippen molar-refractivity contribution in [1.82, 2.24) is 4.90 Å². The lowest BCUT2D eigenvalue weighted by molar-refractivity contribution is 0.0980. The van der Waals surface area contributed by atoms with E-state index in [-0.39, 0.29) is 5.78 Å². The third-order valence-electron chi connectivity index (χ3n) is 3.35. The third kappa shape index (κ3) is 3.65. The Labute approximate surface area is 115 Å². The van der Waals surface area contributed by atoms with E-state index in [2.05, 4.69) is 31.1 Å². The fraction of sp³-hybridized carbons (Fsp3) is 0.353. The minimum atomic E-state index is 0.260. The van der Waals surface area contributed by atoms with Gasteiger partial charge in [-0.2, -0.15) is 0 Å². The van der Waals surface area contributed by atoms with Crippen LogP contribution in [0.1, 0.15) is 29.6 Å². The molecule has 0 atom stereocenters. The van der Waals surface area contributed by atoms with Gasteiger partial charge in [0.15, 0.2) is 5.78 Å². The Morgan fingerprint density at radius 3 is 2.53 bits per heavy atom. The van der Waals surface area contributed by atoms with Crippen molar-refractivity contribution < 1.29 is 4.79 Å². The molecule has 0 saturated carbocycles. The van der Waals surface area contributed by atoms with Gasteiger partial charge in [-0.1, -0.05) is 42.5 Å². The fourth-order valence-corrected chi connectivity index (χ4v) is 2.32. The van der Waals surface area contributed by atoms with Gasteiger partial charge in [0.1, 0.15) is 0 Å². The van der Waals surface area contributed by atoms with Crippen LogP contribution >= 0.6 is 0 Å². The maximum Gasteiger partial charge on any atom is 0.163 e. The number of fused-ring (bicyclic) bond motifs is 1. The van der Waals surface area contributed by atoms with E-state index in [9.17, 15) is 4.79 Å². The fourth-order valence-electron chi connectivity index (χ4n) is 2.32. The van der Waals surface area contributed by atoms with Gasteiger partial charge in [-0.3, -0.25) is 4.79 Å². The highest BCUT2D eigenvalue weighted by atomic mass is 16.1. The molecule has 2 rings (SSSR count). The van der Waals surface area contributed by atoms with Crippen LogP contribution in [0, 0.1) is 0 Å². The standard InChI is InChI=1S/C17H21NO/c1-18(2)13-6-5-12-17(19)16-11-7-9-14-8-3-4-10-15(14)16/h3-4,7-11H,5-6,12-13H2,1-2H3. The Balaban J connectivity index is 2.05. The predicted octanol–water partition coefficient (Wildman–Crippen LogP) is 3.75. The van der Waals surface area contributed by atoms with E-state index >= 15 is 0 Å². The first-order chi connectivity index (χ1) is 9.18. The number of Topliss-reactive ketones (excluding diaryl/α,β-unsaturated/α-hetero) is 1. The van der Waals surface area contributed by atoms with Gasteiger partial charge < -0.3 is 4.90 Å². The lowest BCUT2D eigenvalue weighted by atomic mass is 9.98. The summed E-state index contributed by atoms with van der Waals surface area (Å²) in [6.07, 6.45) is 2.67. The Morgan fingerprint density at radius 2 is 1.74 bits per heavy atom. The molecular formula is C17H21NO. The van der Waals surface area contributed by atoms with Gasteiger partial charge in [-0.15, -0.1) is 0 Å². The van der Waals surface area contributed by atoms with Crippen LogP contribution in [0.3, 0.4) is 0 Å². The third-order valence-corrected chi connectivity index (χ3v) is 3.35. The molecule has 0 heterocycles. The molecule has 2 aromatic rings. The molecule has 0 aliphatic carbocycles. The highest BCUT2D eigenvalue weighted by Gasteiger charge is 2.09. The van der Waals surface area contributed by atoms with E-state index in [1.165, 1.54) is 0 Å². The summed E-state index contributed by atoms with van der Waals surface area (Å²) < 4.78 is 0.